The van der Waals surface area contributed by atoms with Crippen LogP contribution in [0.1, 0.15) is 28.7 Å². The number of ether oxygens (including phenoxy) is 1. The summed E-state index contributed by atoms with van der Waals surface area (Å²) in [4.78, 5) is 11.7. The predicted octanol–water partition coefficient (Wildman–Crippen LogP) is 4.06. The first-order valence-electron chi connectivity index (χ1n) is 8.40. The van der Waals surface area contributed by atoms with Crippen molar-refractivity contribution in [1.82, 2.24) is 9.78 Å². The normalized spacial score (nSPS) is 12.3. The summed E-state index contributed by atoms with van der Waals surface area (Å²) in [6, 6.07) is 11.9. The highest BCUT2D eigenvalue weighted by Gasteiger charge is 2.17. The quantitative estimate of drug-likeness (QED) is 0.615. The number of hydrogen-bond acceptors (Lipinski definition) is 4. The lowest BCUT2D eigenvalue weighted by Gasteiger charge is -2.14. The van der Waals surface area contributed by atoms with Gasteiger partial charge in [0, 0.05) is 10.2 Å². The van der Waals surface area contributed by atoms with Gasteiger partial charge >= 0.3 is 0 Å². The Morgan fingerprint density at radius 2 is 1.92 bits per heavy atom. The Bertz CT molecular complexity index is 965. The number of nitrogens with zero attached hydrogens (tertiary/aromatic N) is 2. The second-order valence-electron chi connectivity index (χ2n) is 6.40. The molecule has 136 valence electrons. The zero-order chi connectivity index (χ0) is 18.8. The van der Waals surface area contributed by atoms with Crippen LogP contribution in [0, 0.1) is 13.8 Å². The van der Waals surface area contributed by atoms with E-state index in [2.05, 4.69) is 21.0 Å². The van der Waals surface area contributed by atoms with Crippen molar-refractivity contribution in [2.24, 2.45) is 0 Å². The number of fused-ring (bicyclic) bond motifs is 1. The van der Waals surface area contributed by atoms with Crippen LogP contribution in [0.2, 0.25) is 0 Å². The van der Waals surface area contributed by atoms with Crippen LogP contribution in [0.5, 0.6) is 5.75 Å². The van der Waals surface area contributed by atoms with E-state index in [1.54, 1.807) is 11.6 Å². The Labute approximate surface area is 160 Å². The lowest BCUT2D eigenvalue weighted by atomic mass is 10.1. The molecule has 0 bridgehead atoms. The molecule has 0 aliphatic heterocycles. The molecule has 0 saturated heterocycles. The molecule has 6 heteroatoms. The van der Waals surface area contributed by atoms with Crippen molar-refractivity contribution in [3.05, 3.63) is 57.8 Å². The molecule has 3 aromatic rings. The van der Waals surface area contributed by atoms with E-state index in [-0.39, 0.29) is 18.9 Å². The number of benzene rings is 2. The monoisotopic (exact) mass is 416 g/mol. The van der Waals surface area contributed by atoms with Gasteiger partial charge in [-0.3, -0.25) is 9.48 Å². The van der Waals surface area contributed by atoms with Crippen molar-refractivity contribution in [2.45, 2.75) is 33.4 Å². The summed E-state index contributed by atoms with van der Waals surface area (Å²) in [6.07, 6.45) is -0.728. The van der Waals surface area contributed by atoms with Crippen LogP contribution in [0.15, 0.2) is 40.9 Å². The average molecular weight is 417 g/mol. The maximum Gasteiger partial charge on any atom is 0.163 e. The summed E-state index contributed by atoms with van der Waals surface area (Å²) in [5.74, 6) is 0.691. The van der Waals surface area contributed by atoms with E-state index >= 15 is 0 Å². The Kier molecular flexibility index (Phi) is 5.44. The van der Waals surface area contributed by atoms with Crippen LogP contribution >= 0.6 is 15.9 Å². The number of carbonyl (C=O) groups is 1. The molecular formula is C20H21BrN2O3. The van der Waals surface area contributed by atoms with Crippen LogP contribution in [0.25, 0.3) is 10.8 Å². The van der Waals surface area contributed by atoms with Gasteiger partial charge in [0.25, 0.3) is 0 Å². The van der Waals surface area contributed by atoms with Gasteiger partial charge in [0.1, 0.15) is 18.5 Å². The molecule has 26 heavy (non-hydrogen) atoms. The average Bonchev–Trinajstić information content (AvgIpc) is 2.86. The van der Waals surface area contributed by atoms with Crippen LogP contribution in [-0.2, 0) is 6.54 Å². The van der Waals surface area contributed by atoms with Crippen molar-refractivity contribution in [1.29, 1.82) is 0 Å². The molecule has 0 amide bonds. The van der Waals surface area contributed by atoms with E-state index in [1.165, 1.54) is 6.92 Å². The molecule has 0 aliphatic rings. The van der Waals surface area contributed by atoms with E-state index < -0.39 is 6.10 Å². The van der Waals surface area contributed by atoms with E-state index in [0.29, 0.717) is 17.0 Å². The summed E-state index contributed by atoms with van der Waals surface area (Å²) in [5, 5.41) is 16.8. The van der Waals surface area contributed by atoms with E-state index in [1.807, 2.05) is 43.3 Å². The molecular weight excluding hydrogens is 396 g/mol. The highest BCUT2D eigenvalue weighted by Crippen LogP contribution is 2.24. The Morgan fingerprint density at radius 1 is 1.23 bits per heavy atom. The maximum absolute atomic E-state index is 11.7. The topological polar surface area (TPSA) is 64.4 Å². The predicted molar refractivity (Wildman–Crippen MR) is 105 cm³/mol. The molecule has 0 saturated carbocycles. The van der Waals surface area contributed by atoms with Crippen molar-refractivity contribution < 1.29 is 14.6 Å². The number of aliphatic hydroxyl groups excluding tert-OH is 1. The molecule has 3 rings (SSSR count). The van der Waals surface area contributed by atoms with Gasteiger partial charge in [0.2, 0.25) is 0 Å². The van der Waals surface area contributed by atoms with Gasteiger partial charge in [-0.15, -0.1) is 0 Å². The van der Waals surface area contributed by atoms with Crippen molar-refractivity contribution in [2.75, 3.05) is 6.61 Å². The molecule has 1 atom stereocenters. The third-order valence-corrected chi connectivity index (χ3v) is 4.83. The minimum absolute atomic E-state index is 0.0141. The number of Topliss-reactive ketones (excluding diaryl/α,β-unsaturated/α-hetero) is 1. The Morgan fingerprint density at radius 3 is 2.62 bits per heavy atom. The first kappa shape index (κ1) is 18.6. The number of rotatable bonds is 6. The first-order chi connectivity index (χ1) is 12.3. The van der Waals surface area contributed by atoms with Gasteiger partial charge < -0.3 is 9.84 Å². The number of ketones is 1. The fraction of sp³-hybridized carbons (Fsp3) is 0.300. The van der Waals surface area contributed by atoms with Crippen molar-refractivity contribution >= 4 is 32.5 Å². The summed E-state index contributed by atoms with van der Waals surface area (Å²) in [5.41, 5.74) is 2.08. The number of halogens is 1. The molecule has 1 N–H and O–H groups in total. The zero-order valence-corrected chi connectivity index (χ0v) is 16.6. The van der Waals surface area contributed by atoms with Gasteiger partial charge in [-0.25, -0.2) is 0 Å². The fourth-order valence-corrected chi connectivity index (χ4v) is 3.49. The lowest BCUT2D eigenvalue weighted by molar-refractivity contribution is 0.0886. The molecule has 1 heterocycles. The molecule has 0 aliphatic carbocycles. The van der Waals surface area contributed by atoms with E-state index in [4.69, 9.17) is 4.74 Å². The highest BCUT2D eigenvalue weighted by atomic mass is 79.9. The molecule has 0 unspecified atom stereocenters. The third kappa shape index (κ3) is 3.97. The second kappa shape index (κ2) is 7.60. The maximum atomic E-state index is 11.7. The van der Waals surface area contributed by atoms with E-state index in [0.717, 1.165) is 20.9 Å². The number of aryl methyl sites for hydroxylation is 1. The Balaban J connectivity index is 1.66. The first-order valence-corrected chi connectivity index (χ1v) is 9.19. The second-order valence-corrected chi connectivity index (χ2v) is 7.32. The number of carbonyl (C=O) groups excluding carboxylic acids is 1. The van der Waals surface area contributed by atoms with Crippen LogP contribution < -0.4 is 4.74 Å². The largest absolute Gasteiger partial charge is 0.491 e. The van der Waals surface area contributed by atoms with Gasteiger partial charge in [-0.1, -0.05) is 28.1 Å². The number of aromatic nitrogens is 2. The van der Waals surface area contributed by atoms with Crippen LogP contribution in [0.4, 0.5) is 0 Å². The van der Waals surface area contributed by atoms with Gasteiger partial charge in [-0.05, 0) is 55.8 Å². The van der Waals surface area contributed by atoms with Gasteiger partial charge in [0.05, 0.1) is 17.8 Å². The number of aliphatic hydroxyl groups is 1. The smallest absolute Gasteiger partial charge is 0.163 e. The van der Waals surface area contributed by atoms with Gasteiger partial charge in [-0.2, -0.15) is 5.10 Å². The SMILES string of the molecule is CC(=O)c1c(C)nn(C[C@@H](O)COc2ccc3cc(Br)ccc3c2)c1C. The van der Waals surface area contributed by atoms with Crippen molar-refractivity contribution in [3.63, 3.8) is 0 Å². The minimum Gasteiger partial charge on any atom is -0.491 e. The molecule has 0 fully saturated rings. The van der Waals surface area contributed by atoms with Crippen LogP contribution in [-0.4, -0.2) is 33.4 Å². The lowest BCUT2D eigenvalue weighted by Crippen LogP contribution is -2.25. The third-order valence-electron chi connectivity index (χ3n) is 4.33. The molecule has 1 aromatic heterocycles. The summed E-state index contributed by atoms with van der Waals surface area (Å²) in [6.45, 7) is 5.59. The van der Waals surface area contributed by atoms with Crippen LogP contribution in [0.3, 0.4) is 0 Å². The molecule has 0 radical (unpaired) electrons. The molecule has 2 aromatic carbocycles. The standard InChI is InChI=1S/C20H21BrN2O3/c1-12-20(14(3)24)13(2)23(22-12)10-18(25)11-26-19-7-5-15-8-17(21)6-4-16(15)9-19/h4-9,18,25H,10-11H2,1-3H3/t18-/m1/s1. The van der Waals surface area contributed by atoms with E-state index in [9.17, 15) is 9.90 Å². The Hall–Kier alpha value is -2.18. The summed E-state index contributed by atoms with van der Waals surface area (Å²) >= 11 is 3.46. The van der Waals surface area contributed by atoms with Crippen molar-refractivity contribution in [3.8, 4) is 5.75 Å². The fourth-order valence-electron chi connectivity index (χ4n) is 3.11. The van der Waals surface area contributed by atoms with Gasteiger partial charge in [0.15, 0.2) is 5.78 Å². The highest BCUT2D eigenvalue weighted by molar-refractivity contribution is 9.10. The molecule has 5 nitrogen and oxygen atoms in total. The zero-order valence-electron chi connectivity index (χ0n) is 15.0. The number of hydrogen-bond donors (Lipinski definition) is 1. The minimum atomic E-state index is -0.728. The summed E-state index contributed by atoms with van der Waals surface area (Å²) in [7, 11) is 0. The molecule has 0 spiro atoms. The summed E-state index contributed by atoms with van der Waals surface area (Å²) < 4.78 is 8.43.